The fourth-order valence-corrected chi connectivity index (χ4v) is 0.830. The van der Waals surface area contributed by atoms with Crippen molar-refractivity contribution >= 4 is 11.4 Å². The van der Waals surface area contributed by atoms with Crippen LogP contribution in [0.5, 0.6) is 0 Å². The first-order valence-electron chi connectivity index (χ1n) is 3.71. The van der Waals surface area contributed by atoms with Crippen LogP contribution >= 0.6 is 0 Å². The second-order valence-corrected chi connectivity index (χ2v) is 2.39. The fraction of sp³-hybridized carbons (Fsp3) is 0.111. The molecule has 0 aromatic heterocycles. The van der Waals surface area contributed by atoms with Gasteiger partial charge in [0, 0.05) is 17.9 Å². The van der Waals surface area contributed by atoms with E-state index >= 15 is 0 Å². The summed E-state index contributed by atoms with van der Waals surface area (Å²) >= 11 is 0. The van der Waals surface area contributed by atoms with E-state index in [-0.39, 0.29) is 0 Å². The zero-order valence-electron chi connectivity index (χ0n) is 6.70. The molecule has 0 saturated carbocycles. The van der Waals surface area contributed by atoms with E-state index in [0.29, 0.717) is 6.54 Å². The van der Waals surface area contributed by atoms with Crippen LogP contribution in [0.25, 0.3) is 0 Å². The quantitative estimate of drug-likeness (QED) is 0.471. The highest BCUT2D eigenvalue weighted by Crippen LogP contribution is 2.09. The average molecular weight is 164 g/mol. The van der Waals surface area contributed by atoms with Crippen LogP contribution in [0.3, 0.4) is 0 Å². The molecule has 0 fully saturated rings. The highest BCUT2D eigenvalue weighted by molar-refractivity contribution is 5.51. The van der Waals surface area contributed by atoms with Gasteiger partial charge in [0.15, 0.2) is 0 Å². The Hall–Kier alpha value is -1.64. The van der Waals surface area contributed by atoms with Crippen molar-refractivity contribution in [2.24, 2.45) is 0 Å². The van der Waals surface area contributed by atoms with E-state index in [1.807, 2.05) is 24.3 Å². The minimum absolute atomic E-state index is 0.612. The normalized spacial score (nSPS) is 10.3. The van der Waals surface area contributed by atoms with Crippen LogP contribution in [0.4, 0.5) is 11.4 Å². The molecule has 3 heteroatoms. The largest absolute Gasteiger partial charge is 0.516 e. The SMILES string of the molecule is Nc1ccc(NCC=CO)cc1. The Kier molecular flexibility index (Phi) is 3.02. The predicted octanol–water partition coefficient (Wildman–Crippen LogP) is 1.75. The van der Waals surface area contributed by atoms with Gasteiger partial charge in [-0.2, -0.15) is 0 Å². The Bertz CT molecular complexity index is 254. The van der Waals surface area contributed by atoms with Gasteiger partial charge >= 0.3 is 0 Å². The van der Waals surface area contributed by atoms with E-state index < -0.39 is 0 Å². The average Bonchev–Trinajstić information content (AvgIpc) is 2.09. The van der Waals surface area contributed by atoms with Gasteiger partial charge in [-0.15, -0.1) is 0 Å². The van der Waals surface area contributed by atoms with E-state index in [2.05, 4.69) is 5.32 Å². The van der Waals surface area contributed by atoms with Gasteiger partial charge in [-0.05, 0) is 30.3 Å². The minimum atomic E-state index is 0.612. The molecule has 12 heavy (non-hydrogen) atoms. The molecule has 0 unspecified atom stereocenters. The Labute approximate surface area is 71.5 Å². The van der Waals surface area contributed by atoms with Gasteiger partial charge < -0.3 is 16.2 Å². The molecule has 0 aliphatic rings. The zero-order valence-corrected chi connectivity index (χ0v) is 6.70. The third kappa shape index (κ3) is 2.54. The van der Waals surface area contributed by atoms with Crippen molar-refractivity contribution in [1.29, 1.82) is 0 Å². The van der Waals surface area contributed by atoms with Crippen LogP contribution in [-0.4, -0.2) is 11.7 Å². The Balaban J connectivity index is 2.47. The molecule has 0 atom stereocenters. The fourth-order valence-electron chi connectivity index (χ4n) is 0.830. The summed E-state index contributed by atoms with van der Waals surface area (Å²) in [6.45, 7) is 0.612. The molecule has 0 bridgehead atoms. The number of hydrogen-bond acceptors (Lipinski definition) is 3. The van der Waals surface area contributed by atoms with E-state index in [1.165, 1.54) is 0 Å². The van der Waals surface area contributed by atoms with Crippen molar-refractivity contribution in [3.8, 4) is 0 Å². The summed E-state index contributed by atoms with van der Waals surface area (Å²) in [5.41, 5.74) is 7.24. The number of anilines is 2. The van der Waals surface area contributed by atoms with Crippen LogP contribution in [-0.2, 0) is 0 Å². The molecule has 0 spiro atoms. The van der Waals surface area contributed by atoms with Gasteiger partial charge in [0.2, 0.25) is 0 Å². The highest BCUT2D eigenvalue weighted by Gasteiger charge is 1.87. The molecule has 1 rings (SSSR count). The maximum atomic E-state index is 8.35. The van der Waals surface area contributed by atoms with E-state index in [9.17, 15) is 0 Å². The van der Waals surface area contributed by atoms with Crippen molar-refractivity contribution < 1.29 is 5.11 Å². The maximum absolute atomic E-state index is 8.35. The predicted molar refractivity (Wildman–Crippen MR) is 51.1 cm³/mol. The monoisotopic (exact) mass is 164 g/mol. The van der Waals surface area contributed by atoms with Crippen LogP contribution in [0.15, 0.2) is 36.6 Å². The number of rotatable bonds is 3. The van der Waals surface area contributed by atoms with Crippen molar-refractivity contribution in [1.82, 2.24) is 0 Å². The zero-order chi connectivity index (χ0) is 8.81. The Morgan fingerprint density at radius 3 is 2.58 bits per heavy atom. The molecule has 0 radical (unpaired) electrons. The summed E-state index contributed by atoms with van der Waals surface area (Å²) in [6, 6.07) is 7.43. The van der Waals surface area contributed by atoms with Crippen molar-refractivity contribution in [2.45, 2.75) is 0 Å². The van der Waals surface area contributed by atoms with Crippen molar-refractivity contribution in [3.05, 3.63) is 36.6 Å². The summed E-state index contributed by atoms with van der Waals surface area (Å²) < 4.78 is 0. The van der Waals surface area contributed by atoms with Crippen LogP contribution < -0.4 is 11.1 Å². The van der Waals surface area contributed by atoms with E-state index in [1.54, 1.807) is 6.08 Å². The Morgan fingerprint density at radius 1 is 1.33 bits per heavy atom. The second kappa shape index (κ2) is 4.28. The molecule has 0 aliphatic heterocycles. The molecule has 64 valence electrons. The van der Waals surface area contributed by atoms with Gasteiger partial charge in [-0.3, -0.25) is 0 Å². The molecular formula is C9H12N2O. The Morgan fingerprint density at radius 2 is 2.00 bits per heavy atom. The first-order chi connectivity index (χ1) is 5.83. The summed E-state index contributed by atoms with van der Waals surface area (Å²) in [4.78, 5) is 0. The lowest BCUT2D eigenvalue weighted by molar-refractivity contribution is 0.472. The lowest BCUT2D eigenvalue weighted by Gasteiger charge is -2.02. The maximum Gasteiger partial charge on any atom is 0.0769 e. The standard InChI is InChI=1S/C9H12N2O/c10-8-2-4-9(5-3-8)11-6-1-7-12/h1-5,7,11-12H,6,10H2. The number of hydrogen-bond donors (Lipinski definition) is 3. The minimum Gasteiger partial charge on any atom is -0.516 e. The first kappa shape index (κ1) is 8.46. The lowest BCUT2D eigenvalue weighted by atomic mass is 10.3. The van der Waals surface area contributed by atoms with Gasteiger partial charge in [0.25, 0.3) is 0 Å². The molecule has 0 saturated heterocycles. The van der Waals surface area contributed by atoms with Gasteiger partial charge in [-0.25, -0.2) is 0 Å². The highest BCUT2D eigenvalue weighted by atomic mass is 16.2. The van der Waals surface area contributed by atoms with Crippen LogP contribution in [0.1, 0.15) is 0 Å². The number of nitrogens with one attached hydrogen (secondary N) is 1. The number of nitrogen functional groups attached to an aromatic ring is 1. The third-order valence-corrected chi connectivity index (χ3v) is 1.44. The smallest absolute Gasteiger partial charge is 0.0769 e. The number of aliphatic hydroxyl groups excluding tert-OH is 1. The van der Waals surface area contributed by atoms with Crippen molar-refractivity contribution in [2.75, 3.05) is 17.6 Å². The van der Waals surface area contributed by atoms with Gasteiger partial charge in [-0.1, -0.05) is 0 Å². The lowest BCUT2D eigenvalue weighted by Crippen LogP contribution is -1.97. The number of nitrogens with two attached hydrogens (primary N) is 1. The molecule has 1 aromatic rings. The summed E-state index contributed by atoms with van der Waals surface area (Å²) in [5.74, 6) is 0. The molecule has 4 N–H and O–H groups in total. The summed E-state index contributed by atoms with van der Waals surface area (Å²) in [7, 11) is 0. The summed E-state index contributed by atoms with van der Waals surface area (Å²) in [6.07, 6.45) is 2.64. The molecular weight excluding hydrogens is 152 g/mol. The molecule has 0 heterocycles. The van der Waals surface area contributed by atoms with Gasteiger partial charge in [0.1, 0.15) is 0 Å². The number of benzene rings is 1. The topological polar surface area (TPSA) is 58.3 Å². The summed E-state index contributed by atoms with van der Waals surface area (Å²) in [5, 5.41) is 11.4. The first-order valence-corrected chi connectivity index (χ1v) is 3.71. The third-order valence-electron chi connectivity index (χ3n) is 1.44. The van der Waals surface area contributed by atoms with Crippen LogP contribution in [0.2, 0.25) is 0 Å². The van der Waals surface area contributed by atoms with E-state index in [0.717, 1.165) is 17.6 Å². The molecule has 0 amide bonds. The molecule has 0 aliphatic carbocycles. The molecule has 3 nitrogen and oxygen atoms in total. The van der Waals surface area contributed by atoms with E-state index in [4.69, 9.17) is 10.8 Å². The molecule has 1 aromatic carbocycles. The van der Waals surface area contributed by atoms with Gasteiger partial charge in [0.05, 0.1) is 6.26 Å². The van der Waals surface area contributed by atoms with Crippen molar-refractivity contribution in [3.63, 3.8) is 0 Å². The second-order valence-electron chi connectivity index (χ2n) is 2.39. The van der Waals surface area contributed by atoms with Crippen LogP contribution in [0, 0.1) is 0 Å². The number of aliphatic hydroxyl groups is 1.